The highest BCUT2D eigenvalue weighted by Crippen LogP contribution is 2.42. The van der Waals surface area contributed by atoms with Crippen molar-refractivity contribution >= 4 is 64.2 Å². The van der Waals surface area contributed by atoms with E-state index in [9.17, 15) is 0 Å². The van der Waals surface area contributed by atoms with Crippen LogP contribution in [0, 0.1) is 0 Å². The van der Waals surface area contributed by atoms with Gasteiger partial charge in [-0.15, -0.1) is 0 Å². The highest BCUT2D eigenvalue weighted by atomic mass is 16.7. The molecule has 9 rings (SSSR count). The van der Waals surface area contributed by atoms with Crippen LogP contribution in [0.5, 0.6) is 0 Å². The van der Waals surface area contributed by atoms with Crippen LogP contribution < -0.4 is 15.8 Å². The standard InChI is InChI=1S/C48H47B2NO5/c1-45(2)46(3,4)54-49(53-45)36-19-11-15-32(27-36)34-17-13-21-38(29-34)51(40-25-26-42-41-23-9-10-24-43(41)52-44(42)31-40)39-22-14-18-35(30-39)33-16-12-20-37(28-33)50-55-47(5,6)48(7,8)56-50/h9-31H,1-8H3. The van der Waals surface area contributed by atoms with Crippen molar-refractivity contribution in [2.75, 3.05) is 4.90 Å². The Morgan fingerprint density at radius 3 is 1.29 bits per heavy atom. The van der Waals surface area contributed by atoms with Gasteiger partial charge in [0.15, 0.2) is 0 Å². The van der Waals surface area contributed by atoms with Crippen LogP contribution in [0.1, 0.15) is 55.4 Å². The summed E-state index contributed by atoms with van der Waals surface area (Å²) in [5, 5.41) is 2.19. The van der Waals surface area contributed by atoms with Crippen molar-refractivity contribution in [3.63, 3.8) is 0 Å². The number of rotatable bonds is 7. The zero-order valence-electron chi connectivity index (χ0n) is 33.4. The lowest BCUT2D eigenvalue weighted by molar-refractivity contribution is 0.00578. The summed E-state index contributed by atoms with van der Waals surface area (Å²) in [5.74, 6) is 0. The molecule has 280 valence electrons. The van der Waals surface area contributed by atoms with Crippen molar-refractivity contribution in [3.05, 3.63) is 140 Å². The molecule has 0 atom stereocenters. The van der Waals surface area contributed by atoms with Crippen LogP contribution in [-0.2, 0) is 18.6 Å². The Labute approximate surface area is 330 Å². The Hall–Kier alpha value is -5.11. The summed E-state index contributed by atoms with van der Waals surface area (Å²) >= 11 is 0. The first-order chi connectivity index (χ1) is 26.7. The van der Waals surface area contributed by atoms with E-state index < -0.39 is 36.6 Å². The van der Waals surface area contributed by atoms with E-state index in [4.69, 9.17) is 23.0 Å². The van der Waals surface area contributed by atoms with Crippen LogP contribution in [-0.4, -0.2) is 36.6 Å². The predicted octanol–water partition coefficient (Wildman–Crippen LogP) is 11.0. The predicted molar refractivity (Wildman–Crippen MR) is 231 cm³/mol. The van der Waals surface area contributed by atoms with Crippen molar-refractivity contribution in [2.24, 2.45) is 0 Å². The third-order valence-electron chi connectivity index (χ3n) is 12.3. The van der Waals surface area contributed by atoms with Gasteiger partial charge in [-0.3, -0.25) is 0 Å². The lowest BCUT2D eigenvalue weighted by Gasteiger charge is -2.32. The smallest absolute Gasteiger partial charge is 0.456 e. The fourth-order valence-corrected chi connectivity index (χ4v) is 7.64. The van der Waals surface area contributed by atoms with E-state index in [1.165, 1.54) is 0 Å². The molecule has 0 unspecified atom stereocenters. The Morgan fingerprint density at radius 1 is 0.375 bits per heavy atom. The van der Waals surface area contributed by atoms with Gasteiger partial charge in [0.2, 0.25) is 0 Å². The zero-order chi connectivity index (χ0) is 39.0. The molecule has 56 heavy (non-hydrogen) atoms. The number of anilines is 3. The molecule has 0 aliphatic carbocycles. The second-order valence-corrected chi connectivity index (χ2v) is 17.1. The molecule has 7 aromatic rings. The second-order valence-electron chi connectivity index (χ2n) is 17.1. The van der Waals surface area contributed by atoms with Gasteiger partial charge in [-0.05, 0) is 131 Å². The van der Waals surface area contributed by atoms with Gasteiger partial charge in [0.25, 0.3) is 0 Å². The normalized spacial score (nSPS) is 18.2. The van der Waals surface area contributed by atoms with Gasteiger partial charge in [-0.2, -0.15) is 0 Å². The molecular formula is C48H47B2NO5. The van der Waals surface area contributed by atoms with E-state index in [0.717, 1.165) is 72.2 Å². The Kier molecular flexibility index (Phi) is 8.64. The average molecular weight is 740 g/mol. The van der Waals surface area contributed by atoms with Crippen LogP contribution in [0.4, 0.5) is 17.1 Å². The number of hydrogen-bond acceptors (Lipinski definition) is 6. The molecule has 0 N–H and O–H groups in total. The second kappa shape index (κ2) is 13.2. The highest BCUT2D eigenvalue weighted by molar-refractivity contribution is 6.62. The molecule has 1 aromatic heterocycles. The van der Waals surface area contributed by atoms with Crippen molar-refractivity contribution in [1.82, 2.24) is 0 Å². The average Bonchev–Trinajstić information content (AvgIpc) is 3.74. The van der Waals surface area contributed by atoms with Gasteiger partial charge in [0.05, 0.1) is 22.4 Å². The third kappa shape index (κ3) is 6.35. The lowest BCUT2D eigenvalue weighted by atomic mass is 9.78. The summed E-state index contributed by atoms with van der Waals surface area (Å²) in [6, 6.07) is 49.0. The van der Waals surface area contributed by atoms with Crippen LogP contribution >= 0.6 is 0 Å². The van der Waals surface area contributed by atoms with E-state index in [0.29, 0.717) is 0 Å². The first-order valence-corrected chi connectivity index (χ1v) is 19.5. The monoisotopic (exact) mass is 739 g/mol. The molecule has 0 bridgehead atoms. The van der Waals surface area contributed by atoms with Crippen molar-refractivity contribution < 1.29 is 23.0 Å². The fourth-order valence-electron chi connectivity index (χ4n) is 7.64. The van der Waals surface area contributed by atoms with Gasteiger partial charge in [0.1, 0.15) is 11.2 Å². The number of hydrogen-bond donors (Lipinski definition) is 0. The van der Waals surface area contributed by atoms with Crippen molar-refractivity contribution in [2.45, 2.75) is 77.8 Å². The van der Waals surface area contributed by atoms with Crippen molar-refractivity contribution in [3.8, 4) is 22.3 Å². The highest BCUT2D eigenvalue weighted by Gasteiger charge is 2.52. The Morgan fingerprint density at radius 2 is 0.786 bits per heavy atom. The fraction of sp³-hybridized carbons (Fsp3) is 0.250. The topological polar surface area (TPSA) is 53.3 Å². The molecule has 6 nitrogen and oxygen atoms in total. The molecule has 8 heteroatoms. The number of para-hydroxylation sites is 1. The van der Waals surface area contributed by atoms with E-state index in [1.807, 2.05) is 12.1 Å². The Balaban J connectivity index is 1.12. The molecule has 6 aromatic carbocycles. The Bertz CT molecular complexity index is 2450. The van der Waals surface area contributed by atoms with Gasteiger partial charge in [0, 0.05) is 33.9 Å². The SMILES string of the molecule is CC1(C)OB(c2cccc(-c3cccc(N(c4cccc(-c5cccc(B6OC(C)(C)C(C)(C)O6)c5)c4)c4ccc5c(c4)oc4ccccc45)c3)c2)OC1(C)C. The quantitative estimate of drug-likeness (QED) is 0.152. The van der Waals surface area contributed by atoms with Gasteiger partial charge in [-0.1, -0.05) is 91.0 Å². The summed E-state index contributed by atoms with van der Waals surface area (Å²) in [6.45, 7) is 16.7. The molecule has 2 aliphatic heterocycles. The lowest BCUT2D eigenvalue weighted by Crippen LogP contribution is -2.41. The molecule has 0 spiro atoms. The molecule has 2 aliphatic rings. The first kappa shape index (κ1) is 36.5. The maximum absolute atomic E-state index is 6.42. The maximum Gasteiger partial charge on any atom is 0.494 e. The zero-order valence-corrected chi connectivity index (χ0v) is 33.4. The third-order valence-corrected chi connectivity index (χ3v) is 12.3. The molecular weight excluding hydrogens is 692 g/mol. The van der Waals surface area contributed by atoms with E-state index >= 15 is 0 Å². The minimum atomic E-state index is -0.443. The van der Waals surface area contributed by atoms with Gasteiger partial charge < -0.3 is 27.9 Å². The van der Waals surface area contributed by atoms with E-state index in [2.05, 4.69) is 188 Å². The summed E-state index contributed by atoms with van der Waals surface area (Å²) < 4.78 is 32.1. The van der Waals surface area contributed by atoms with Gasteiger partial charge in [-0.25, -0.2) is 0 Å². The number of furan rings is 1. The minimum Gasteiger partial charge on any atom is -0.456 e. The summed E-state index contributed by atoms with van der Waals surface area (Å²) in [4.78, 5) is 2.30. The molecule has 2 saturated heterocycles. The van der Waals surface area contributed by atoms with Gasteiger partial charge >= 0.3 is 14.2 Å². The largest absolute Gasteiger partial charge is 0.494 e. The molecule has 0 saturated carbocycles. The summed E-state index contributed by atoms with van der Waals surface area (Å²) in [5.41, 5.74) is 9.38. The molecule has 3 heterocycles. The van der Waals surface area contributed by atoms with Crippen LogP contribution in [0.2, 0.25) is 0 Å². The minimum absolute atomic E-state index is 0.420. The van der Waals surface area contributed by atoms with Crippen LogP contribution in [0.15, 0.2) is 144 Å². The number of benzene rings is 6. The maximum atomic E-state index is 6.42. The number of nitrogens with zero attached hydrogens (tertiary/aromatic N) is 1. The number of fused-ring (bicyclic) bond motifs is 3. The van der Waals surface area contributed by atoms with E-state index in [-0.39, 0.29) is 0 Å². The van der Waals surface area contributed by atoms with Crippen LogP contribution in [0.25, 0.3) is 44.2 Å². The van der Waals surface area contributed by atoms with Crippen LogP contribution in [0.3, 0.4) is 0 Å². The summed E-state index contributed by atoms with van der Waals surface area (Å²) in [7, 11) is -0.887. The molecule has 2 fully saturated rings. The molecule has 0 amide bonds. The first-order valence-electron chi connectivity index (χ1n) is 19.5. The van der Waals surface area contributed by atoms with E-state index in [1.54, 1.807) is 0 Å². The van der Waals surface area contributed by atoms with Crippen molar-refractivity contribution in [1.29, 1.82) is 0 Å². The molecule has 0 radical (unpaired) electrons. The summed E-state index contributed by atoms with van der Waals surface area (Å²) in [6.07, 6.45) is 0.